The van der Waals surface area contributed by atoms with Gasteiger partial charge in [0.15, 0.2) is 11.5 Å². The lowest BCUT2D eigenvalue weighted by Gasteiger charge is -2.26. The Morgan fingerprint density at radius 1 is 1.17 bits per heavy atom. The molecule has 3 rings (SSSR count). The second kappa shape index (κ2) is 8.17. The summed E-state index contributed by atoms with van der Waals surface area (Å²) in [4.78, 5) is 14.3. The SMILES string of the molecule is O=C(CCc1ccc2c(c1)OCO2)NCCCN1CCOCC1. The molecule has 2 aliphatic heterocycles. The normalized spacial score (nSPS) is 17.2. The minimum absolute atomic E-state index is 0.102. The van der Waals surface area contributed by atoms with Gasteiger partial charge in [0.2, 0.25) is 12.7 Å². The number of benzene rings is 1. The van der Waals surface area contributed by atoms with Crippen molar-refractivity contribution >= 4 is 5.91 Å². The summed E-state index contributed by atoms with van der Waals surface area (Å²) < 4.78 is 15.9. The van der Waals surface area contributed by atoms with Crippen molar-refractivity contribution in [1.29, 1.82) is 0 Å². The molecule has 6 nitrogen and oxygen atoms in total. The van der Waals surface area contributed by atoms with Gasteiger partial charge in [0, 0.05) is 26.1 Å². The van der Waals surface area contributed by atoms with Gasteiger partial charge in [-0.15, -0.1) is 0 Å². The van der Waals surface area contributed by atoms with E-state index in [1.807, 2.05) is 18.2 Å². The molecule has 0 bridgehead atoms. The molecular weight excluding hydrogens is 296 g/mol. The summed E-state index contributed by atoms with van der Waals surface area (Å²) in [6.07, 6.45) is 2.19. The molecule has 0 atom stereocenters. The Labute approximate surface area is 136 Å². The molecule has 1 aromatic carbocycles. The fourth-order valence-corrected chi connectivity index (χ4v) is 2.80. The van der Waals surface area contributed by atoms with Crippen LogP contribution in [0.5, 0.6) is 11.5 Å². The van der Waals surface area contributed by atoms with Crippen molar-refractivity contribution in [2.75, 3.05) is 46.2 Å². The number of nitrogens with zero attached hydrogens (tertiary/aromatic N) is 1. The number of amides is 1. The van der Waals surface area contributed by atoms with Crippen molar-refractivity contribution in [3.8, 4) is 11.5 Å². The number of aryl methyl sites for hydroxylation is 1. The predicted molar refractivity (Wildman–Crippen MR) is 85.8 cm³/mol. The molecule has 126 valence electrons. The first kappa shape index (κ1) is 16.1. The number of hydrogen-bond acceptors (Lipinski definition) is 5. The summed E-state index contributed by atoms with van der Waals surface area (Å²) in [5.41, 5.74) is 1.10. The minimum atomic E-state index is 0.102. The number of morpholine rings is 1. The van der Waals surface area contributed by atoms with Crippen molar-refractivity contribution in [3.05, 3.63) is 23.8 Å². The second-order valence-corrected chi connectivity index (χ2v) is 5.85. The van der Waals surface area contributed by atoms with E-state index in [0.717, 1.165) is 62.9 Å². The molecular formula is C17H24N2O4. The van der Waals surface area contributed by atoms with Crippen LogP contribution in [0, 0.1) is 0 Å². The van der Waals surface area contributed by atoms with Gasteiger partial charge in [-0.05, 0) is 37.1 Å². The van der Waals surface area contributed by atoms with Gasteiger partial charge in [-0.3, -0.25) is 9.69 Å². The molecule has 0 radical (unpaired) electrons. The number of carbonyl (C=O) groups excluding carboxylic acids is 1. The van der Waals surface area contributed by atoms with E-state index in [9.17, 15) is 4.79 Å². The Morgan fingerprint density at radius 2 is 2.00 bits per heavy atom. The third-order valence-corrected chi connectivity index (χ3v) is 4.15. The number of ether oxygens (including phenoxy) is 3. The van der Waals surface area contributed by atoms with Crippen molar-refractivity contribution in [2.24, 2.45) is 0 Å². The molecule has 0 spiro atoms. The third-order valence-electron chi connectivity index (χ3n) is 4.15. The van der Waals surface area contributed by atoms with Crippen molar-refractivity contribution in [3.63, 3.8) is 0 Å². The third kappa shape index (κ3) is 4.84. The number of nitrogens with one attached hydrogen (secondary N) is 1. The van der Waals surface area contributed by atoms with Gasteiger partial charge < -0.3 is 19.5 Å². The van der Waals surface area contributed by atoms with E-state index < -0.39 is 0 Å². The molecule has 0 aliphatic carbocycles. The molecule has 1 fully saturated rings. The van der Waals surface area contributed by atoms with Gasteiger partial charge in [0.1, 0.15) is 0 Å². The van der Waals surface area contributed by atoms with Crippen LogP contribution in [0.4, 0.5) is 0 Å². The highest BCUT2D eigenvalue weighted by Gasteiger charge is 2.13. The fourth-order valence-electron chi connectivity index (χ4n) is 2.80. The van der Waals surface area contributed by atoms with Crippen LogP contribution in [0.25, 0.3) is 0 Å². The van der Waals surface area contributed by atoms with E-state index >= 15 is 0 Å². The highest BCUT2D eigenvalue weighted by atomic mass is 16.7. The standard InChI is InChI=1S/C17H24N2O4/c20-17(18-6-1-7-19-8-10-21-11-9-19)5-3-14-2-4-15-16(12-14)23-13-22-15/h2,4,12H,1,3,5-11,13H2,(H,18,20). The maximum atomic E-state index is 11.9. The molecule has 2 aliphatic rings. The lowest BCUT2D eigenvalue weighted by molar-refractivity contribution is -0.121. The quantitative estimate of drug-likeness (QED) is 0.765. The van der Waals surface area contributed by atoms with Gasteiger partial charge in [0.05, 0.1) is 13.2 Å². The van der Waals surface area contributed by atoms with Crippen LogP contribution in [-0.4, -0.2) is 57.0 Å². The lowest BCUT2D eigenvalue weighted by Crippen LogP contribution is -2.38. The van der Waals surface area contributed by atoms with E-state index in [1.54, 1.807) is 0 Å². The van der Waals surface area contributed by atoms with E-state index in [0.29, 0.717) is 12.8 Å². The summed E-state index contributed by atoms with van der Waals surface area (Å²) in [6, 6.07) is 5.84. The lowest BCUT2D eigenvalue weighted by atomic mass is 10.1. The molecule has 1 amide bonds. The molecule has 1 aromatic rings. The van der Waals surface area contributed by atoms with Gasteiger partial charge >= 0.3 is 0 Å². The zero-order chi connectivity index (χ0) is 15.9. The highest BCUT2D eigenvalue weighted by Crippen LogP contribution is 2.32. The summed E-state index contributed by atoms with van der Waals surface area (Å²) in [5.74, 6) is 1.65. The topological polar surface area (TPSA) is 60.0 Å². The molecule has 1 saturated heterocycles. The largest absolute Gasteiger partial charge is 0.454 e. The number of fused-ring (bicyclic) bond motifs is 1. The molecule has 6 heteroatoms. The zero-order valence-corrected chi connectivity index (χ0v) is 13.4. The smallest absolute Gasteiger partial charge is 0.231 e. The summed E-state index contributed by atoms with van der Waals surface area (Å²) in [6.45, 7) is 5.67. The summed E-state index contributed by atoms with van der Waals surface area (Å²) in [5, 5.41) is 2.99. The van der Waals surface area contributed by atoms with Crippen molar-refractivity contribution < 1.29 is 19.0 Å². The predicted octanol–water partition coefficient (Wildman–Crippen LogP) is 1.19. The molecule has 23 heavy (non-hydrogen) atoms. The molecule has 2 heterocycles. The van der Waals surface area contributed by atoms with E-state index in [4.69, 9.17) is 14.2 Å². The highest BCUT2D eigenvalue weighted by molar-refractivity contribution is 5.76. The maximum Gasteiger partial charge on any atom is 0.231 e. The molecule has 1 N–H and O–H groups in total. The van der Waals surface area contributed by atoms with E-state index in [-0.39, 0.29) is 12.7 Å². The minimum Gasteiger partial charge on any atom is -0.454 e. The Hall–Kier alpha value is -1.79. The van der Waals surface area contributed by atoms with Crippen LogP contribution in [0.2, 0.25) is 0 Å². The van der Waals surface area contributed by atoms with Gasteiger partial charge in [-0.25, -0.2) is 0 Å². The van der Waals surface area contributed by atoms with Crippen LogP contribution in [0.15, 0.2) is 18.2 Å². The first-order valence-corrected chi connectivity index (χ1v) is 8.26. The zero-order valence-electron chi connectivity index (χ0n) is 13.4. The number of carbonyl (C=O) groups is 1. The van der Waals surface area contributed by atoms with Crippen LogP contribution in [0.1, 0.15) is 18.4 Å². The fraction of sp³-hybridized carbons (Fsp3) is 0.588. The van der Waals surface area contributed by atoms with Crippen LogP contribution < -0.4 is 14.8 Å². The number of rotatable bonds is 7. The molecule has 0 aromatic heterocycles. The van der Waals surface area contributed by atoms with Gasteiger partial charge in [0.25, 0.3) is 0 Å². The number of hydrogen-bond donors (Lipinski definition) is 1. The Bertz CT molecular complexity index is 529. The summed E-state index contributed by atoms with van der Waals surface area (Å²) in [7, 11) is 0. The maximum absolute atomic E-state index is 11.9. The Balaban J connectivity index is 1.30. The summed E-state index contributed by atoms with van der Waals surface area (Å²) >= 11 is 0. The second-order valence-electron chi connectivity index (χ2n) is 5.85. The van der Waals surface area contributed by atoms with Crippen LogP contribution >= 0.6 is 0 Å². The van der Waals surface area contributed by atoms with E-state index in [2.05, 4.69) is 10.2 Å². The Kier molecular flexibility index (Phi) is 5.71. The average Bonchev–Trinajstić information content (AvgIpc) is 3.05. The van der Waals surface area contributed by atoms with Gasteiger partial charge in [-0.2, -0.15) is 0 Å². The monoisotopic (exact) mass is 320 g/mol. The Morgan fingerprint density at radius 3 is 2.87 bits per heavy atom. The molecule has 0 saturated carbocycles. The molecule has 0 unspecified atom stereocenters. The van der Waals surface area contributed by atoms with Gasteiger partial charge in [-0.1, -0.05) is 6.07 Å². The first-order chi connectivity index (χ1) is 11.3. The van der Waals surface area contributed by atoms with Crippen LogP contribution in [-0.2, 0) is 16.0 Å². The first-order valence-electron chi connectivity index (χ1n) is 8.26. The van der Waals surface area contributed by atoms with Crippen molar-refractivity contribution in [1.82, 2.24) is 10.2 Å². The average molecular weight is 320 g/mol. The van der Waals surface area contributed by atoms with E-state index in [1.165, 1.54) is 0 Å². The van der Waals surface area contributed by atoms with Crippen molar-refractivity contribution in [2.45, 2.75) is 19.3 Å². The van der Waals surface area contributed by atoms with Crippen LogP contribution in [0.3, 0.4) is 0 Å².